The van der Waals surface area contributed by atoms with Crippen LogP contribution in [0.15, 0.2) is 12.8 Å². The first-order valence-corrected chi connectivity index (χ1v) is 2.79. The molecule has 0 radical (unpaired) electrons. The fraction of sp³-hybridized carbons (Fsp3) is 0.333. The van der Waals surface area contributed by atoms with Gasteiger partial charge in [0.15, 0.2) is 0 Å². The summed E-state index contributed by atoms with van der Waals surface area (Å²) in [6.45, 7) is 3.25. The van der Waals surface area contributed by atoms with E-state index >= 15 is 0 Å². The van der Waals surface area contributed by atoms with E-state index in [1.165, 1.54) is 6.20 Å². The second kappa shape index (κ2) is 4.55. The minimum Gasteiger partial charge on any atom is -0.481 e. The molecule has 0 rings (SSSR count). The molecule has 0 aliphatic carbocycles. The van der Waals surface area contributed by atoms with E-state index in [2.05, 4.69) is 11.9 Å². The summed E-state index contributed by atoms with van der Waals surface area (Å²) in [6.07, 6.45) is 1.09. The van der Waals surface area contributed by atoms with Crippen molar-refractivity contribution in [2.75, 3.05) is 0 Å². The van der Waals surface area contributed by atoms with Crippen LogP contribution in [0.2, 0.25) is 0 Å². The van der Waals surface area contributed by atoms with Crippen LogP contribution in [0.1, 0.15) is 12.8 Å². The minimum absolute atomic E-state index is 0.00134. The van der Waals surface area contributed by atoms with Crippen LogP contribution < -0.4 is 5.32 Å². The van der Waals surface area contributed by atoms with E-state index in [1.807, 2.05) is 0 Å². The molecular formula is C6H9NO3. The molecule has 56 valence electrons. The molecule has 2 N–H and O–H groups in total. The number of carboxylic acid groups (broad SMARTS) is 1. The maximum Gasteiger partial charge on any atom is 0.303 e. The lowest BCUT2D eigenvalue weighted by Gasteiger charge is -1.94. The maximum absolute atomic E-state index is 10.5. The van der Waals surface area contributed by atoms with Gasteiger partial charge in [0.1, 0.15) is 0 Å². The van der Waals surface area contributed by atoms with Crippen molar-refractivity contribution < 1.29 is 14.7 Å². The van der Waals surface area contributed by atoms with Gasteiger partial charge in [0.05, 0.1) is 6.42 Å². The maximum atomic E-state index is 10.5. The molecule has 0 fully saturated rings. The quantitative estimate of drug-likeness (QED) is 0.587. The van der Waals surface area contributed by atoms with E-state index in [0.717, 1.165) is 0 Å². The molecule has 0 saturated carbocycles. The van der Waals surface area contributed by atoms with E-state index in [9.17, 15) is 9.59 Å². The van der Waals surface area contributed by atoms with Crippen molar-refractivity contribution in [3.63, 3.8) is 0 Å². The molecule has 0 aromatic heterocycles. The van der Waals surface area contributed by atoms with Gasteiger partial charge < -0.3 is 10.4 Å². The minimum atomic E-state index is -0.973. The molecule has 0 aromatic carbocycles. The smallest absolute Gasteiger partial charge is 0.303 e. The van der Waals surface area contributed by atoms with Crippen LogP contribution in [0, 0.1) is 0 Å². The number of carboxylic acids is 1. The van der Waals surface area contributed by atoms with Crippen molar-refractivity contribution in [1.82, 2.24) is 5.32 Å². The van der Waals surface area contributed by atoms with Gasteiger partial charge in [0, 0.05) is 6.42 Å². The topological polar surface area (TPSA) is 66.4 Å². The summed E-state index contributed by atoms with van der Waals surface area (Å²) in [7, 11) is 0. The second-order valence-corrected chi connectivity index (χ2v) is 1.67. The van der Waals surface area contributed by atoms with Crippen LogP contribution in [0.4, 0.5) is 0 Å². The SMILES string of the molecule is C=CNC(=O)CCC(=O)O. The molecule has 0 spiro atoms. The Morgan fingerprint density at radius 3 is 2.50 bits per heavy atom. The Morgan fingerprint density at radius 2 is 2.10 bits per heavy atom. The monoisotopic (exact) mass is 143 g/mol. The molecule has 0 bridgehead atoms. The number of rotatable bonds is 4. The van der Waals surface area contributed by atoms with Gasteiger partial charge in [0.25, 0.3) is 0 Å². The fourth-order valence-electron chi connectivity index (χ4n) is 0.406. The highest BCUT2D eigenvalue weighted by Crippen LogP contribution is 1.87. The van der Waals surface area contributed by atoms with Gasteiger partial charge in [0.2, 0.25) is 5.91 Å². The van der Waals surface area contributed by atoms with Gasteiger partial charge >= 0.3 is 5.97 Å². The van der Waals surface area contributed by atoms with Crippen molar-refractivity contribution in [2.24, 2.45) is 0 Å². The van der Waals surface area contributed by atoms with Crippen LogP contribution in [0.5, 0.6) is 0 Å². The number of hydrogen-bond donors (Lipinski definition) is 2. The lowest BCUT2D eigenvalue weighted by atomic mass is 10.3. The third-order valence-electron chi connectivity index (χ3n) is 0.829. The molecule has 1 amide bonds. The number of aliphatic carboxylic acids is 1. The highest BCUT2D eigenvalue weighted by Gasteiger charge is 2.01. The van der Waals surface area contributed by atoms with Crippen LogP contribution in [0.3, 0.4) is 0 Å². The van der Waals surface area contributed by atoms with E-state index in [0.29, 0.717) is 0 Å². The van der Waals surface area contributed by atoms with Crippen molar-refractivity contribution in [2.45, 2.75) is 12.8 Å². The number of nitrogens with one attached hydrogen (secondary N) is 1. The average molecular weight is 143 g/mol. The third kappa shape index (κ3) is 4.83. The van der Waals surface area contributed by atoms with Gasteiger partial charge in [-0.3, -0.25) is 9.59 Å². The normalized spacial score (nSPS) is 8.40. The Bertz CT molecular complexity index is 153. The van der Waals surface area contributed by atoms with E-state index in [4.69, 9.17) is 5.11 Å². The Kier molecular flexibility index (Phi) is 3.95. The standard InChI is InChI=1S/C6H9NO3/c1-2-7-5(8)3-4-6(9)10/h2H,1,3-4H2,(H,7,8)(H,9,10). The van der Waals surface area contributed by atoms with Crippen LogP contribution in [0.25, 0.3) is 0 Å². The van der Waals surface area contributed by atoms with Crippen LogP contribution >= 0.6 is 0 Å². The molecular weight excluding hydrogens is 134 g/mol. The lowest BCUT2D eigenvalue weighted by Crippen LogP contribution is -2.17. The van der Waals surface area contributed by atoms with E-state index < -0.39 is 5.97 Å². The van der Waals surface area contributed by atoms with Gasteiger partial charge in [-0.1, -0.05) is 6.58 Å². The lowest BCUT2D eigenvalue weighted by molar-refractivity contribution is -0.138. The summed E-state index contributed by atoms with van der Waals surface area (Å²) in [4.78, 5) is 20.4. The molecule has 0 saturated heterocycles. The van der Waals surface area contributed by atoms with Crippen molar-refractivity contribution in [3.05, 3.63) is 12.8 Å². The Labute approximate surface area is 58.5 Å². The highest BCUT2D eigenvalue weighted by atomic mass is 16.4. The summed E-state index contributed by atoms with van der Waals surface area (Å²) in [5.41, 5.74) is 0. The molecule has 4 heteroatoms. The molecule has 10 heavy (non-hydrogen) atoms. The van der Waals surface area contributed by atoms with Gasteiger partial charge in [-0.05, 0) is 6.20 Å². The van der Waals surface area contributed by atoms with Crippen molar-refractivity contribution >= 4 is 11.9 Å². The summed E-state index contributed by atoms with van der Waals surface area (Å²) < 4.78 is 0. The predicted octanol–water partition coefficient (Wildman–Crippen LogP) is 0.111. The van der Waals surface area contributed by atoms with E-state index in [1.54, 1.807) is 0 Å². The first kappa shape index (κ1) is 8.68. The number of carbonyl (C=O) groups is 2. The molecule has 0 unspecified atom stereocenters. The van der Waals surface area contributed by atoms with Crippen molar-refractivity contribution in [3.8, 4) is 0 Å². The first-order valence-electron chi connectivity index (χ1n) is 2.79. The summed E-state index contributed by atoms with van der Waals surface area (Å²) in [5, 5.41) is 10.4. The Balaban J connectivity index is 3.39. The molecule has 4 nitrogen and oxygen atoms in total. The van der Waals surface area contributed by atoms with Gasteiger partial charge in [-0.15, -0.1) is 0 Å². The van der Waals surface area contributed by atoms with Gasteiger partial charge in [-0.2, -0.15) is 0 Å². The third-order valence-corrected chi connectivity index (χ3v) is 0.829. The summed E-state index contributed by atoms with van der Waals surface area (Å²) in [6, 6.07) is 0. The molecule has 0 aromatic rings. The zero-order valence-corrected chi connectivity index (χ0v) is 5.46. The predicted molar refractivity (Wildman–Crippen MR) is 35.2 cm³/mol. The first-order chi connectivity index (χ1) is 4.66. The zero-order valence-electron chi connectivity index (χ0n) is 5.46. The van der Waals surface area contributed by atoms with Crippen LogP contribution in [-0.2, 0) is 9.59 Å². The average Bonchev–Trinajstić information content (AvgIpc) is 1.85. The Morgan fingerprint density at radius 1 is 1.50 bits per heavy atom. The largest absolute Gasteiger partial charge is 0.481 e. The molecule has 0 aliphatic heterocycles. The van der Waals surface area contributed by atoms with Crippen LogP contribution in [-0.4, -0.2) is 17.0 Å². The number of carbonyl (C=O) groups excluding carboxylic acids is 1. The zero-order chi connectivity index (χ0) is 7.98. The molecule has 0 heterocycles. The molecule has 0 aliphatic rings. The Hall–Kier alpha value is -1.32. The second-order valence-electron chi connectivity index (χ2n) is 1.67. The van der Waals surface area contributed by atoms with Gasteiger partial charge in [-0.25, -0.2) is 0 Å². The summed E-state index contributed by atoms with van der Waals surface area (Å²) in [5.74, 6) is -1.29. The van der Waals surface area contributed by atoms with Crippen molar-refractivity contribution in [1.29, 1.82) is 0 Å². The number of amides is 1. The molecule has 0 atom stereocenters. The summed E-state index contributed by atoms with van der Waals surface area (Å²) >= 11 is 0. The van der Waals surface area contributed by atoms with E-state index in [-0.39, 0.29) is 18.7 Å². The number of hydrogen-bond acceptors (Lipinski definition) is 2. The fourth-order valence-corrected chi connectivity index (χ4v) is 0.406. The highest BCUT2D eigenvalue weighted by molar-refractivity contribution is 5.81.